The molecule has 0 atom stereocenters. The molecule has 0 spiro atoms. The number of rotatable bonds is 8. The van der Waals surface area contributed by atoms with Crippen molar-refractivity contribution in [2.75, 3.05) is 21.3 Å². The Bertz CT molecular complexity index is 1020. The van der Waals surface area contributed by atoms with Crippen LogP contribution < -0.4 is 18.9 Å². The van der Waals surface area contributed by atoms with E-state index in [1.807, 2.05) is 30.3 Å². The predicted molar refractivity (Wildman–Crippen MR) is 113 cm³/mol. The first-order valence-electron chi connectivity index (χ1n) is 9.39. The smallest absolute Gasteiger partial charge is 0.343 e. The Morgan fingerprint density at radius 1 is 0.710 bits per heavy atom. The van der Waals surface area contributed by atoms with Gasteiger partial charge >= 0.3 is 11.9 Å². The van der Waals surface area contributed by atoms with Gasteiger partial charge in [0.1, 0.15) is 12.4 Å². The molecule has 3 rings (SSSR count). The molecule has 0 aliphatic rings. The molecule has 0 amide bonds. The molecule has 0 radical (unpaired) electrons. The van der Waals surface area contributed by atoms with Gasteiger partial charge in [-0.1, -0.05) is 30.3 Å². The van der Waals surface area contributed by atoms with Gasteiger partial charge in [-0.3, -0.25) is 0 Å². The first kappa shape index (κ1) is 21.7. The molecule has 0 unspecified atom stereocenters. The highest BCUT2D eigenvalue weighted by Crippen LogP contribution is 2.38. The molecule has 31 heavy (non-hydrogen) atoms. The molecule has 7 heteroatoms. The first-order chi connectivity index (χ1) is 15.0. The van der Waals surface area contributed by atoms with Crippen molar-refractivity contribution in [2.45, 2.75) is 6.61 Å². The molecule has 0 fully saturated rings. The maximum Gasteiger partial charge on any atom is 0.343 e. The zero-order valence-electron chi connectivity index (χ0n) is 17.4. The van der Waals surface area contributed by atoms with E-state index in [0.29, 0.717) is 22.8 Å². The van der Waals surface area contributed by atoms with Crippen molar-refractivity contribution in [1.29, 1.82) is 0 Å². The van der Waals surface area contributed by atoms with Crippen LogP contribution in [0.15, 0.2) is 66.7 Å². The maximum absolute atomic E-state index is 12.6. The Morgan fingerprint density at radius 3 is 1.87 bits per heavy atom. The van der Waals surface area contributed by atoms with Crippen LogP contribution in [0.1, 0.15) is 26.3 Å². The number of esters is 2. The van der Waals surface area contributed by atoms with Gasteiger partial charge < -0.3 is 23.7 Å². The molecule has 0 saturated heterocycles. The normalized spacial score (nSPS) is 10.2. The average molecular weight is 422 g/mol. The van der Waals surface area contributed by atoms with Crippen LogP contribution in [0, 0.1) is 0 Å². The van der Waals surface area contributed by atoms with E-state index >= 15 is 0 Å². The summed E-state index contributed by atoms with van der Waals surface area (Å²) in [6.45, 7) is 0.178. The lowest BCUT2D eigenvalue weighted by Crippen LogP contribution is -2.10. The largest absolute Gasteiger partial charge is 0.493 e. The Hall–Kier alpha value is -4.00. The molecule has 0 aliphatic heterocycles. The lowest BCUT2D eigenvalue weighted by atomic mass is 10.1. The van der Waals surface area contributed by atoms with Crippen LogP contribution in [0.25, 0.3) is 0 Å². The summed E-state index contributed by atoms with van der Waals surface area (Å²) in [5.74, 6) is 0.249. The molecule has 3 aromatic carbocycles. The van der Waals surface area contributed by atoms with Gasteiger partial charge in [0, 0.05) is 0 Å². The van der Waals surface area contributed by atoms with E-state index in [1.54, 1.807) is 0 Å². The molecule has 0 N–H and O–H groups in total. The Labute approximate surface area is 180 Å². The number of carbonyl (C=O) groups is 2. The second-order valence-electron chi connectivity index (χ2n) is 6.39. The number of ether oxygens (including phenoxy) is 5. The molecular formula is C24H22O7. The molecule has 0 aromatic heterocycles. The lowest BCUT2D eigenvalue weighted by Gasteiger charge is -2.13. The van der Waals surface area contributed by atoms with Crippen LogP contribution in [0.3, 0.4) is 0 Å². The van der Waals surface area contributed by atoms with Crippen molar-refractivity contribution in [1.82, 2.24) is 0 Å². The summed E-state index contributed by atoms with van der Waals surface area (Å²) in [5.41, 5.74) is 1.47. The van der Waals surface area contributed by atoms with Crippen molar-refractivity contribution >= 4 is 11.9 Å². The minimum Gasteiger partial charge on any atom is -0.493 e. The summed E-state index contributed by atoms with van der Waals surface area (Å²) in [5, 5.41) is 0. The number of benzene rings is 3. The van der Waals surface area contributed by atoms with Gasteiger partial charge in [-0.15, -0.1) is 0 Å². The van der Waals surface area contributed by atoms with Gasteiger partial charge in [-0.25, -0.2) is 9.59 Å². The highest BCUT2D eigenvalue weighted by molar-refractivity contribution is 5.93. The summed E-state index contributed by atoms with van der Waals surface area (Å²) in [7, 11) is 4.40. The van der Waals surface area contributed by atoms with Crippen LogP contribution in [0.4, 0.5) is 0 Å². The molecule has 7 nitrogen and oxygen atoms in total. The molecular weight excluding hydrogens is 400 g/mol. The van der Waals surface area contributed by atoms with Crippen LogP contribution in [-0.4, -0.2) is 33.3 Å². The fraction of sp³-hybridized carbons (Fsp3) is 0.167. The molecule has 160 valence electrons. The van der Waals surface area contributed by atoms with E-state index in [2.05, 4.69) is 0 Å². The summed E-state index contributed by atoms with van der Waals surface area (Å²) >= 11 is 0. The fourth-order valence-corrected chi connectivity index (χ4v) is 2.83. The molecule has 0 aliphatic carbocycles. The topological polar surface area (TPSA) is 80.3 Å². The van der Waals surface area contributed by atoms with E-state index in [9.17, 15) is 9.59 Å². The molecule has 0 saturated carbocycles. The van der Waals surface area contributed by atoms with Crippen molar-refractivity contribution in [3.63, 3.8) is 0 Å². The number of hydrogen-bond acceptors (Lipinski definition) is 7. The van der Waals surface area contributed by atoms with Gasteiger partial charge in [-0.05, 0) is 42.0 Å². The van der Waals surface area contributed by atoms with E-state index in [0.717, 1.165) is 5.56 Å². The third-order valence-electron chi connectivity index (χ3n) is 4.41. The second-order valence-corrected chi connectivity index (χ2v) is 6.39. The third-order valence-corrected chi connectivity index (χ3v) is 4.41. The van der Waals surface area contributed by atoms with Crippen molar-refractivity contribution < 1.29 is 33.3 Å². The van der Waals surface area contributed by atoms with Crippen molar-refractivity contribution in [3.05, 3.63) is 83.4 Å². The molecule has 0 bridgehead atoms. The van der Waals surface area contributed by atoms with Crippen LogP contribution in [-0.2, 0) is 11.3 Å². The zero-order chi connectivity index (χ0) is 22.2. The van der Waals surface area contributed by atoms with Gasteiger partial charge in [-0.2, -0.15) is 0 Å². The first-order valence-corrected chi connectivity index (χ1v) is 9.39. The zero-order valence-corrected chi connectivity index (χ0v) is 17.4. The van der Waals surface area contributed by atoms with Gasteiger partial charge in [0.05, 0.1) is 32.5 Å². The van der Waals surface area contributed by atoms with E-state index in [1.165, 1.54) is 57.7 Å². The van der Waals surface area contributed by atoms with Crippen LogP contribution >= 0.6 is 0 Å². The maximum atomic E-state index is 12.6. The second kappa shape index (κ2) is 10.2. The monoisotopic (exact) mass is 422 g/mol. The highest BCUT2D eigenvalue weighted by atomic mass is 16.5. The minimum absolute atomic E-state index is 0.178. The number of hydrogen-bond donors (Lipinski definition) is 0. The highest BCUT2D eigenvalue weighted by Gasteiger charge is 2.18. The van der Waals surface area contributed by atoms with Crippen LogP contribution in [0.5, 0.6) is 23.0 Å². The van der Waals surface area contributed by atoms with E-state index in [-0.39, 0.29) is 17.9 Å². The standard InChI is InChI=1S/C24H22O7/c1-27-20-13-18(14-21(28-2)22(20)29-3)24(26)31-19-11-9-17(10-12-19)23(25)30-15-16-7-5-4-6-8-16/h4-14H,15H2,1-3H3. The average Bonchev–Trinajstić information content (AvgIpc) is 2.82. The van der Waals surface area contributed by atoms with Gasteiger partial charge in [0.25, 0.3) is 0 Å². The Balaban J connectivity index is 1.66. The fourth-order valence-electron chi connectivity index (χ4n) is 2.83. The van der Waals surface area contributed by atoms with Crippen LogP contribution in [0.2, 0.25) is 0 Å². The SMILES string of the molecule is COc1cc(C(=O)Oc2ccc(C(=O)OCc3ccccc3)cc2)cc(OC)c1OC. The summed E-state index contributed by atoms with van der Waals surface area (Å²) in [6.07, 6.45) is 0. The number of carbonyl (C=O) groups excluding carboxylic acids is 2. The van der Waals surface area contributed by atoms with Crippen molar-refractivity contribution in [3.8, 4) is 23.0 Å². The summed E-state index contributed by atoms with van der Waals surface area (Å²) in [6, 6.07) is 18.5. The van der Waals surface area contributed by atoms with Gasteiger partial charge in [0.2, 0.25) is 5.75 Å². The summed E-state index contributed by atoms with van der Waals surface area (Å²) in [4.78, 5) is 24.8. The Kier molecular flexibility index (Phi) is 7.11. The quantitative estimate of drug-likeness (QED) is 0.396. The number of methoxy groups -OCH3 is 3. The minimum atomic E-state index is -0.612. The predicted octanol–water partition coefficient (Wildman–Crippen LogP) is 4.29. The molecule has 3 aromatic rings. The lowest BCUT2D eigenvalue weighted by molar-refractivity contribution is 0.0472. The third kappa shape index (κ3) is 5.33. The van der Waals surface area contributed by atoms with E-state index in [4.69, 9.17) is 23.7 Å². The van der Waals surface area contributed by atoms with Crippen molar-refractivity contribution in [2.24, 2.45) is 0 Å². The Morgan fingerprint density at radius 2 is 1.32 bits per heavy atom. The van der Waals surface area contributed by atoms with Gasteiger partial charge in [0.15, 0.2) is 11.5 Å². The summed E-state index contributed by atoms with van der Waals surface area (Å²) < 4.78 is 26.4. The molecule has 0 heterocycles. The van der Waals surface area contributed by atoms with E-state index < -0.39 is 11.9 Å².